The lowest BCUT2D eigenvalue weighted by Crippen LogP contribution is -2.49. The van der Waals surface area contributed by atoms with Crippen molar-refractivity contribution >= 4 is 5.91 Å². The van der Waals surface area contributed by atoms with Crippen molar-refractivity contribution in [2.45, 2.75) is 32.6 Å². The number of hydrogen-bond donors (Lipinski definition) is 2. The molecule has 1 aliphatic carbocycles. The zero-order valence-electron chi connectivity index (χ0n) is 11.0. The average Bonchev–Trinajstić information content (AvgIpc) is 2.59. The van der Waals surface area contributed by atoms with Gasteiger partial charge in [-0.1, -0.05) is 6.42 Å². The van der Waals surface area contributed by atoms with Crippen LogP contribution in [0.4, 0.5) is 0 Å². The molecule has 98 valence electrons. The Bertz CT molecular complexity index is 296. The van der Waals surface area contributed by atoms with Crippen molar-refractivity contribution in [1.82, 2.24) is 10.2 Å². The van der Waals surface area contributed by atoms with Gasteiger partial charge in [0.25, 0.3) is 0 Å². The third kappa shape index (κ3) is 2.47. The Labute approximate surface area is 103 Å². The van der Waals surface area contributed by atoms with Gasteiger partial charge in [0.2, 0.25) is 5.91 Å². The fraction of sp³-hybridized carbons (Fsp3) is 0.923. The van der Waals surface area contributed by atoms with Crippen LogP contribution in [0.25, 0.3) is 0 Å². The predicted molar refractivity (Wildman–Crippen MR) is 66.6 cm³/mol. The maximum atomic E-state index is 12.2. The summed E-state index contributed by atoms with van der Waals surface area (Å²) in [4.78, 5) is 14.4. The Kier molecular flexibility index (Phi) is 3.46. The first-order valence-corrected chi connectivity index (χ1v) is 6.57. The van der Waals surface area contributed by atoms with Crippen molar-refractivity contribution in [2.24, 2.45) is 10.8 Å². The fourth-order valence-corrected chi connectivity index (χ4v) is 2.93. The molecule has 2 aliphatic rings. The maximum absolute atomic E-state index is 12.2. The zero-order valence-corrected chi connectivity index (χ0v) is 11.0. The van der Waals surface area contributed by atoms with Gasteiger partial charge in [0.15, 0.2) is 0 Å². The smallest absolute Gasteiger partial charge is 0.227 e. The van der Waals surface area contributed by atoms with Crippen LogP contribution in [0.5, 0.6) is 0 Å². The first-order valence-electron chi connectivity index (χ1n) is 6.57. The minimum Gasteiger partial charge on any atom is -0.396 e. The van der Waals surface area contributed by atoms with E-state index in [0.717, 1.165) is 32.4 Å². The van der Waals surface area contributed by atoms with E-state index >= 15 is 0 Å². The van der Waals surface area contributed by atoms with Gasteiger partial charge in [-0.25, -0.2) is 0 Å². The Morgan fingerprint density at radius 1 is 1.41 bits per heavy atom. The second-order valence-electron chi connectivity index (χ2n) is 6.24. The summed E-state index contributed by atoms with van der Waals surface area (Å²) in [5.74, 6) is 0.154. The highest BCUT2D eigenvalue weighted by molar-refractivity contribution is 5.82. The highest BCUT2D eigenvalue weighted by atomic mass is 16.3. The number of aliphatic hydroxyl groups is 1. The summed E-state index contributed by atoms with van der Waals surface area (Å²) in [5.41, 5.74) is -0.258. The van der Waals surface area contributed by atoms with Gasteiger partial charge in [0, 0.05) is 18.5 Å². The average molecular weight is 240 g/mol. The molecule has 0 aromatic rings. The van der Waals surface area contributed by atoms with Crippen LogP contribution in [-0.2, 0) is 4.79 Å². The van der Waals surface area contributed by atoms with Crippen molar-refractivity contribution in [1.29, 1.82) is 0 Å². The lowest BCUT2D eigenvalue weighted by atomic mass is 9.69. The monoisotopic (exact) mass is 240 g/mol. The molecule has 2 fully saturated rings. The van der Waals surface area contributed by atoms with Crippen LogP contribution in [0.1, 0.15) is 32.6 Å². The molecule has 17 heavy (non-hydrogen) atoms. The fourth-order valence-electron chi connectivity index (χ4n) is 2.93. The molecule has 0 bridgehead atoms. The summed E-state index contributed by atoms with van der Waals surface area (Å²) >= 11 is 0. The van der Waals surface area contributed by atoms with Crippen LogP contribution in [-0.4, -0.2) is 49.2 Å². The molecule has 1 saturated carbocycles. The number of hydrogen-bond acceptors (Lipinski definition) is 3. The summed E-state index contributed by atoms with van der Waals surface area (Å²) in [7, 11) is 2.06. The van der Waals surface area contributed by atoms with Crippen LogP contribution in [0.15, 0.2) is 0 Å². The number of carbonyl (C=O) groups is 1. The summed E-state index contributed by atoms with van der Waals surface area (Å²) in [6.07, 6.45) is 4.19. The molecule has 2 N–H and O–H groups in total. The minimum atomic E-state index is -0.241. The molecule has 0 aromatic carbocycles. The number of rotatable bonds is 4. The van der Waals surface area contributed by atoms with E-state index in [1.54, 1.807) is 0 Å². The van der Waals surface area contributed by atoms with Crippen LogP contribution in [0, 0.1) is 10.8 Å². The third-order valence-corrected chi connectivity index (χ3v) is 4.59. The van der Waals surface area contributed by atoms with Crippen LogP contribution in [0.2, 0.25) is 0 Å². The van der Waals surface area contributed by atoms with Gasteiger partial charge in [-0.3, -0.25) is 4.79 Å². The van der Waals surface area contributed by atoms with E-state index < -0.39 is 0 Å². The predicted octanol–water partition coefficient (Wildman–Crippen LogP) is 0.607. The van der Waals surface area contributed by atoms with Gasteiger partial charge in [0.1, 0.15) is 0 Å². The Balaban J connectivity index is 1.85. The van der Waals surface area contributed by atoms with E-state index in [-0.39, 0.29) is 23.3 Å². The number of amides is 1. The Morgan fingerprint density at radius 2 is 2.12 bits per heavy atom. The Hall–Kier alpha value is -0.610. The van der Waals surface area contributed by atoms with Gasteiger partial charge < -0.3 is 15.3 Å². The highest BCUT2D eigenvalue weighted by Gasteiger charge is 2.41. The molecule has 2 rings (SSSR count). The van der Waals surface area contributed by atoms with Crippen molar-refractivity contribution in [3.8, 4) is 0 Å². The van der Waals surface area contributed by atoms with E-state index in [9.17, 15) is 9.90 Å². The number of likely N-dealkylation sites (tertiary alicyclic amines) is 1. The number of nitrogens with one attached hydrogen (secondary N) is 1. The second-order valence-corrected chi connectivity index (χ2v) is 6.24. The van der Waals surface area contributed by atoms with E-state index in [4.69, 9.17) is 0 Å². The van der Waals surface area contributed by atoms with Crippen molar-refractivity contribution < 1.29 is 9.90 Å². The number of aliphatic hydroxyl groups excluding tert-OH is 1. The molecule has 0 radical (unpaired) electrons. The molecule has 1 heterocycles. The first kappa shape index (κ1) is 12.8. The summed E-state index contributed by atoms with van der Waals surface area (Å²) < 4.78 is 0. The molecule has 1 saturated heterocycles. The largest absolute Gasteiger partial charge is 0.396 e. The van der Waals surface area contributed by atoms with Gasteiger partial charge >= 0.3 is 0 Å². The highest BCUT2D eigenvalue weighted by Crippen LogP contribution is 2.40. The molecule has 1 atom stereocenters. The maximum Gasteiger partial charge on any atom is 0.227 e. The Morgan fingerprint density at radius 3 is 2.53 bits per heavy atom. The van der Waals surface area contributed by atoms with Crippen molar-refractivity contribution in [2.75, 3.05) is 33.3 Å². The standard InChI is InChI=1S/C13H24N2O2/c1-12(6-7-15(2)9-12)11(17)14-8-13(10-16)4-3-5-13/h16H,3-10H2,1-2H3,(H,14,17)/t12-/m0/s1. The number of carbonyl (C=O) groups excluding carboxylic acids is 1. The molecule has 0 unspecified atom stereocenters. The van der Waals surface area contributed by atoms with Crippen molar-refractivity contribution in [3.63, 3.8) is 0 Å². The molecule has 1 amide bonds. The lowest BCUT2D eigenvalue weighted by molar-refractivity contribution is -0.130. The molecule has 1 aliphatic heterocycles. The zero-order chi connectivity index (χ0) is 12.5. The molecular formula is C13H24N2O2. The molecular weight excluding hydrogens is 216 g/mol. The van der Waals surface area contributed by atoms with Gasteiger partial charge in [0.05, 0.1) is 12.0 Å². The molecule has 4 nitrogen and oxygen atoms in total. The number of nitrogens with zero attached hydrogens (tertiary/aromatic N) is 1. The lowest BCUT2D eigenvalue weighted by Gasteiger charge is -2.41. The van der Waals surface area contributed by atoms with E-state index in [1.807, 2.05) is 6.92 Å². The normalized spacial score (nSPS) is 32.2. The van der Waals surface area contributed by atoms with Crippen molar-refractivity contribution in [3.05, 3.63) is 0 Å². The SMILES string of the molecule is CN1CC[C@](C)(C(=O)NCC2(CO)CCC2)C1. The van der Waals surface area contributed by atoms with Gasteiger partial charge in [-0.2, -0.15) is 0 Å². The molecule has 0 spiro atoms. The minimum absolute atomic E-state index is 0.0173. The van der Waals surface area contributed by atoms with E-state index in [1.165, 1.54) is 6.42 Å². The summed E-state index contributed by atoms with van der Waals surface area (Å²) in [6, 6.07) is 0. The van der Waals surface area contributed by atoms with Crippen LogP contribution >= 0.6 is 0 Å². The van der Waals surface area contributed by atoms with E-state index in [0.29, 0.717) is 6.54 Å². The van der Waals surface area contributed by atoms with Crippen LogP contribution < -0.4 is 5.32 Å². The molecule has 0 aromatic heterocycles. The van der Waals surface area contributed by atoms with E-state index in [2.05, 4.69) is 17.3 Å². The summed E-state index contributed by atoms with van der Waals surface area (Å²) in [5, 5.41) is 12.4. The molecule has 4 heteroatoms. The topological polar surface area (TPSA) is 52.6 Å². The quantitative estimate of drug-likeness (QED) is 0.757. The van der Waals surface area contributed by atoms with Crippen LogP contribution in [0.3, 0.4) is 0 Å². The second kappa shape index (κ2) is 4.58. The van der Waals surface area contributed by atoms with Gasteiger partial charge in [-0.15, -0.1) is 0 Å². The third-order valence-electron chi connectivity index (χ3n) is 4.59. The van der Waals surface area contributed by atoms with Gasteiger partial charge in [-0.05, 0) is 39.8 Å². The first-order chi connectivity index (χ1) is 8.00. The summed E-state index contributed by atoms with van der Waals surface area (Å²) in [6.45, 7) is 4.71.